The van der Waals surface area contributed by atoms with E-state index in [2.05, 4.69) is 15.3 Å². The first kappa shape index (κ1) is 13.9. The summed E-state index contributed by atoms with van der Waals surface area (Å²) < 4.78 is 12.9. The molecule has 1 unspecified atom stereocenters. The van der Waals surface area contributed by atoms with E-state index in [0.717, 1.165) is 15.1 Å². The summed E-state index contributed by atoms with van der Waals surface area (Å²) >= 11 is 1.60. The van der Waals surface area contributed by atoms with Gasteiger partial charge in [0.25, 0.3) is 0 Å². The molecule has 2 N–H and O–H groups in total. The summed E-state index contributed by atoms with van der Waals surface area (Å²) in [6.07, 6.45) is 0.778. The summed E-state index contributed by atoms with van der Waals surface area (Å²) in [6.45, 7) is 2.32. The first-order valence-corrected chi connectivity index (χ1v) is 7.33. The number of benzene rings is 1. The fraction of sp³-hybridized carbons (Fsp3) is 0.200. The Morgan fingerprint density at radius 2 is 2.05 bits per heavy atom. The number of nitrogens with zero attached hydrogens (tertiary/aromatic N) is 2. The van der Waals surface area contributed by atoms with E-state index in [0.29, 0.717) is 17.9 Å². The normalized spacial score (nSPS) is 12.5. The first-order chi connectivity index (χ1) is 10.1. The number of thiophene rings is 1. The fourth-order valence-electron chi connectivity index (χ4n) is 2.11. The maximum Gasteiger partial charge on any atom is 0.138 e. The lowest BCUT2D eigenvalue weighted by atomic mass is 10.1. The second-order valence-electron chi connectivity index (χ2n) is 4.75. The number of hydrogen-bond acceptors (Lipinski definition) is 5. The van der Waals surface area contributed by atoms with Gasteiger partial charge >= 0.3 is 0 Å². The standard InChI is InChI=1S/C15H14FN3OS/c1-9-6-12-14(18-8-19-15(12)21-9)17-7-13(20)10-2-4-11(16)5-3-10/h2-6,8,13,20H,7H2,1H3,(H,17,18,19). The van der Waals surface area contributed by atoms with Crippen molar-refractivity contribution in [1.29, 1.82) is 0 Å². The average molecular weight is 303 g/mol. The molecule has 21 heavy (non-hydrogen) atoms. The highest BCUT2D eigenvalue weighted by Gasteiger charge is 2.10. The zero-order chi connectivity index (χ0) is 14.8. The average Bonchev–Trinajstić information content (AvgIpc) is 2.86. The molecule has 0 aliphatic carbocycles. The van der Waals surface area contributed by atoms with Crippen LogP contribution in [-0.4, -0.2) is 21.6 Å². The Labute approximate surface area is 125 Å². The zero-order valence-electron chi connectivity index (χ0n) is 11.4. The van der Waals surface area contributed by atoms with Crippen LogP contribution in [0.15, 0.2) is 36.7 Å². The molecule has 6 heteroatoms. The van der Waals surface area contributed by atoms with Gasteiger partial charge in [0.1, 0.15) is 22.8 Å². The molecule has 0 saturated carbocycles. The number of aryl methyl sites for hydroxylation is 1. The van der Waals surface area contributed by atoms with Gasteiger partial charge in [0, 0.05) is 11.4 Å². The number of rotatable bonds is 4. The minimum atomic E-state index is -0.727. The molecule has 0 fully saturated rings. The van der Waals surface area contributed by atoms with Gasteiger partial charge in [-0.3, -0.25) is 0 Å². The Balaban J connectivity index is 1.75. The molecule has 0 aliphatic rings. The van der Waals surface area contributed by atoms with Crippen LogP contribution in [0.1, 0.15) is 16.5 Å². The second-order valence-corrected chi connectivity index (χ2v) is 5.98. The molecule has 0 amide bonds. The Morgan fingerprint density at radius 3 is 2.81 bits per heavy atom. The molecule has 2 aromatic heterocycles. The fourth-order valence-corrected chi connectivity index (χ4v) is 2.96. The minimum Gasteiger partial charge on any atom is -0.387 e. The van der Waals surface area contributed by atoms with Gasteiger partial charge in [-0.05, 0) is 30.7 Å². The molecular weight excluding hydrogens is 289 g/mol. The molecule has 0 saturated heterocycles. The second kappa shape index (κ2) is 5.75. The lowest BCUT2D eigenvalue weighted by molar-refractivity contribution is 0.191. The monoisotopic (exact) mass is 303 g/mol. The maximum absolute atomic E-state index is 12.9. The van der Waals surface area contributed by atoms with Crippen LogP contribution in [0.25, 0.3) is 10.2 Å². The number of anilines is 1. The highest BCUT2D eigenvalue weighted by Crippen LogP contribution is 2.27. The topological polar surface area (TPSA) is 58.0 Å². The van der Waals surface area contributed by atoms with Gasteiger partial charge in [-0.25, -0.2) is 14.4 Å². The number of hydrogen-bond donors (Lipinski definition) is 2. The highest BCUT2D eigenvalue weighted by atomic mass is 32.1. The van der Waals surface area contributed by atoms with Crippen LogP contribution >= 0.6 is 11.3 Å². The van der Waals surface area contributed by atoms with E-state index in [4.69, 9.17) is 0 Å². The third-order valence-electron chi connectivity index (χ3n) is 3.17. The molecule has 3 aromatic rings. The van der Waals surface area contributed by atoms with Gasteiger partial charge in [0.15, 0.2) is 0 Å². The van der Waals surface area contributed by atoms with Gasteiger partial charge in [-0.2, -0.15) is 0 Å². The molecule has 108 valence electrons. The van der Waals surface area contributed by atoms with Crippen molar-refractivity contribution in [3.8, 4) is 0 Å². The molecule has 1 aromatic carbocycles. The van der Waals surface area contributed by atoms with Crippen molar-refractivity contribution in [3.05, 3.63) is 52.9 Å². The molecule has 2 heterocycles. The van der Waals surface area contributed by atoms with Crippen molar-refractivity contribution in [2.24, 2.45) is 0 Å². The van der Waals surface area contributed by atoms with E-state index in [9.17, 15) is 9.50 Å². The first-order valence-electron chi connectivity index (χ1n) is 6.52. The Hall–Kier alpha value is -2.05. The molecule has 3 rings (SSSR count). The van der Waals surface area contributed by atoms with Crippen LogP contribution < -0.4 is 5.32 Å². The van der Waals surface area contributed by atoms with Crippen molar-refractivity contribution >= 4 is 27.4 Å². The van der Waals surface area contributed by atoms with Gasteiger partial charge in [0.05, 0.1) is 11.5 Å². The number of aliphatic hydroxyl groups is 1. The van der Waals surface area contributed by atoms with Crippen molar-refractivity contribution in [3.63, 3.8) is 0 Å². The number of aliphatic hydroxyl groups excluding tert-OH is 1. The van der Waals surface area contributed by atoms with Crippen LogP contribution in [-0.2, 0) is 0 Å². The molecule has 0 bridgehead atoms. The highest BCUT2D eigenvalue weighted by molar-refractivity contribution is 7.18. The van der Waals surface area contributed by atoms with E-state index in [1.807, 2.05) is 13.0 Å². The summed E-state index contributed by atoms with van der Waals surface area (Å²) in [5.41, 5.74) is 0.663. The number of nitrogens with one attached hydrogen (secondary N) is 1. The van der Waals surface area contributed by atoms with Crippen molar-refractivity contribution in [2.75, 3.05) is 11.9 Å². The predicted molar refractivity (Wildman–Crippen MR) is 82.0 cm³/mol. The number of fused-ring (bicyclic) bond motifs is 1. The molecular formula is C15H14FN3OS. The van der Waals surface area contributed by atoms with Gasteiger partial charge < -0.3 is 10.4 Å². The third-order valence-corrected chi connectivity index (χ3v) is 4.13. The van der Waals surface area contributed by atoms with Crippen LogP contribution in [0.5, 0.6) is 0 Å². The third kappa shape index (κ3) is 3.01. The molecule has 4 nitrogen and oxygen atoms in total. The molecule has 0 aliphatic heterocycles. The summed E-state index contributed by atoms with van der Waals surface area (Å²) in [5.74, 6) is 0.385. The number of halogens is 1. The largest absolute Gasteiger partial charge is 0.387 e. The van der Waals surface area contributed by atoms with Gasteiger partial charge in [-0.15, -0.1) is 11.3 Å². The van der Waals surface area contributed by atoms with E-state index in [1.54, 1.807) is 23.5 Å². The van der Waals surface area contributed by atoms with E-state index < -0.39 is 6.10 Å². The van der Waals surface area contributed by atoms with Crippen molar-refractivity contribution in [2.45, 2.75) is 13.0 Å². The summed E-state index contributed by atoms with van der Waals surface area (Å²) in [7, 11) is 0. The van der Waals surface area contributed by atoms with Crippen molar-refractivity contribution in [1.82, 2.24) is 9.97 Å². The lowest BCUT2D eigenvalue weighted by Crippen LogP contribution is -2.13. The summed E-state index contributed by atoms with van der Waals surface area (Å²) in [4.78, 5) is 10.5. The predicted octanol–water partition coefficient (Wildman–Crippen LogP) is 3.28. The maximum atomic E-state index is 12.9. The quantitative estimate of drug-likeness (QED) is 0.776. The Kier molecular flexibility index (Phi) is 3.81. The van der Waals surface area contributed by atoms with Crippen LogP contribution in [0.2, 0.25) is 0 Å². The molecule has 1 atom stereocenters. The summed E-state index contributed by atoms with van der Waals surface area (Å²) in [5, 5.41) is 14.2. The molecule has 0 radical (unpaired) electrons. The lowest BCUT2D eigenvalue weighted by Gasteiger charge is -2.13. The summed E-state index contributed by atoms with van der Waals surface area (Å²) in [6, 6.07) is 7.85. The van der Waals surface area contributed by atoms with Crippen LogP contribution in [0.3, 0.4) is 0 Å². The van der Waals surface area contributed by atoms with E-state index in [1.165, 1.54) is 18.5 Å². The SMILES string of the molecule is Cc1cc2c(NCC(O)c3ccc(F)cc3)ncnc2s1. The smallest absolute Gasteiger partial charge is 0.138 e. The number of aromatic nitrogens is 2. The van der Waals surface area contributed by atoms with Gasteiger partial charge in [-0.1, -0.05) is 12.1 Å². The van der Waals surface area contributed by atoms with Gasteiger partial charge in [0.2, 0.25) is 0 Å². The van der Waals surface area contributed by atoms with E-state index >= 15 is 0 Å². The Bertz CT molecular complexity index is 757. The van der Waals surface area contributed by atoms with Crippen LogP contribution in [0.4, 0.5) is 10.2 Å². The Morgan fingerprint density at radius 1 is 1.29 bits per heavy atom. The van der Waals surface area contributed by atoms with Crippen molar-refractivity contribution < 1.29 is 9.50 Å². The zero-order valence-corrected chi connectivity index (χ0v) is 12.2. The molecule has 0 spiro atoms. The minimum absolute atomic E-state index is 0.298. The van der Waals surface area contributed by atoms with E-state index in [-0.39, 0.29) is 5.82 Å². The van der Waals surface area contributed by atoms with Crippen LogP contribution in [0, 0.1) is 12.7 Å².